The Kier molecular flexibility index (Phi) is 4.53. The third-order valence-electron chi connectivity index (χ3n) is 3.24. The maximum atomic E-state index is 11.9. The molecule has 110 valence electrons. The van der Waals surface area contributed by atoms with Crippen molar-refractivity contribution in [3.05, 3.63) is 28.3 Å². The third-order valence-corrected chi connectivity index (χ3v) is 3.24. The number of aromatic nitrogens is 2. The maximum absolute atomic E-state index is 11.9. The van der Waals surface area contributed by atoms with E-state index in [0.29, 0.717) is 5.56 Å². The summed E-state index contributed by atoms with van der Waals surface area (Å²) in [5.41, 5.74) is 5.79. The Labute approximate surface area is 116 Å². The van der Waals surface area contributed by atoms with Crippen LogP contribution in [0, 0.1) is 0 Å². The van der Waals surface area contributed by atoms with E-state index in [0.717, 1.165) is 6.42 Å². The quantitative estimate of drug-likeness (QED) is 0.710. The zero-order chi connectivity index (χ0) is 14.7. The van der Waals surface area contributed by atoms with Crippen LogP contribution in [0.5, 0.6) is 0 Å². The van der Waals surface area contributed by atoms with Gasteiger partial charge < -0.3 is 20.7 Å². The van der Waals surface area contributed by atoms with Crippen LogP contribution in [0.15, 0.2) is 17.1 Å². The molecule has 0 saturated carbocycles. The van der Waals surface area contributed by atoms with Gasteiger partial charge in [-0.2, -0.15) is 4.98 Å². The van der Waals surface area contributed by atoms with E-state index < -0.39 is 24.1 Å². The molecule has 0 unspecified atom stereocenters. The average Bonchev–Trinajstić information content (AvgIpc) is 2.79. The highest BCUT2D eigenvalue weighted by Gasteiger charge is 2.35. The van der Waals surface area contributed by atoms with Crippen molar-refractivity contribution in [3.8, 4) is 0 Å². The molecule has 1 saturated heterocycles. The van der Waals surface area contributed by atoms with Crippen LogP contribution >= 0.6 is 0 Å². The fourth-order valence-corrected chi connectivity index (χ4v) is 2.13. The highest BCUT2D eigenvalue weighted by molar-refractivity contribution is 5.59. The molecular weight excluding hydrogens is 262 g/mol. The molecule has 1 aromatic heterocycles. The lowest BCUT2D eigenvalue weighted by molar-refractivity contribution is -0.0458. The van der Waals surface area contributed by atoms with Crippen LogP contribution in [0.2, 0.25) is 0 Å². The van der Waals surface area contributed by atoms with Gasteiger partial charge in [0.2, 0.25) is 0 Å². The van der Waals surface area contributed by atoms with E-state index in [1.165, 1.54) is 4.57 Å². The van der Waals surface area contributed by atoms with Crippen LogP contribution in [-0.2, 0) is 4.74 Å². The van der Waals surface area contributed by atoms with Crippen LogP contribution in [0.4, 0.5) is 5.82 Å². The molecule has 1 aliphatic rings. The Balaban J connectivity index is 2.32. The molecule has 0 aromatic carbocycles. The number of ether oxygens (including phenoxy) is 1. The SMILES string of the molecule is CC/C=C/c1cn([C@H]2C[C@@H](O)[C@@H](CO)O2)c(=O)nc1N. The van der Waals surface area contributed by atoms with Crippen molar-refractivity contribution in [2.45, 2.75) is 38.2 Å². The molecule has 1 fully saturated rings. The molecule has 20 heavy (non-hydrogen) atoms. The molecule has 2 rings (SSSR count). The second-order valence-corrected chi connectivity index (χ2v) is 4.70. The topological polar surface area (TPSA) is 111 Å². The molecule has 1 aromatic rings. The third kappa shape index (κ3) is 2.90. The molecule has 2 heterocycles. The molecule has 1 aliphatic heterocycles. The zero-order valence-electron chi connectivity index (χ0n) is 11.3. The fourth-order valence-electron chi connectivity index (χ4n) is 2.13. The Bertz CT molecular complexity index is 555. The van der Waals surface area contributed by atoms with Crippen LogP contribution < -0.4 is 11.4 Å². The second kappa shape index (κ2) is 6.17. The van der Waals surface area contributed by atoms with Gasteiger partial charge in [-0.3, -0.25) is 4.57 Å². The van der Waals surface area contributed by atoms with Crippen molar-refractivity contribution < 1.29 is 14.9 Å². The summed E-state index contributed by atoms with van der Waals surface area (Å²) in [7, 11) is 0. The predicted molar refractivity (Wildman–Crippen MR) is 73.9 cm³/mol. The van der Waals surface area contributed by atoms with E-state index in [1.807, 2.05) is 13.0 Å². The number of anilines is 1. The zero-order valence-corrected chi connectivity index (χ0v) is 11.3. The summed E-state index contributed by atoms with van der Waals surface area (Å²) in [5.74, 6) is 0.160. The van der Waals surface area contributed by atoms with Gasteiger partial charge in [0.1, 0.15) is 18.1 Å². The van der Waals surface area contributed by atoms with Gasteiger partial charge in [-0.15, -0.1) is 0 Å². The number of nitrogen functional groups attached to an aromatic ring is 1. The highest BCUT2D eigenvalue weighted by atomic mass is 16.5. The van der Waals surface area contributed by atoms with Gasteiger partial charge in [-0.1, -0.05) is 19.1 Å². The lowest BCUT2D eigenvalue weighted by Crippen LogP contribution is -2.28. The lowest BCUT2D eigenvalue weighted by atomic mass is 10.2. The van der Waals surface area contributed by atoms with Gasteiger partial charge in [-0.25, -0.2) is 4.79 Å². The van der Waals surface area contributed by atoms with E-state index in [-0.39, 0.29) is 18.8 Å². The molecule has 3 atom stereocenters. The molecule has 7 heteroatoms. The number of allylic oxidation sites excluding steroid dienone is 1. The Morgan fingerprint density at radius 1 is 1.65 bits per heavy atom. The van der Waals surface area contributed by atoms with Gasteiger partial charge in [-0.05, 0) is 6.42 Å². The maximum Gasteiger partial charge on any atom is 0.351 e. The fraction of sp³-hybridized carbons (Fsp3) is 0.538. The molecular formula is C13H19N3O4. The molecule has 7 nitrogen and oxygen atoms in total. The first-order valence-electron chi connectivity index (χ1n) is 6.56. The summed E-state index contributed by atoms with van der Waals surface area (Å²) in [6, 6.07) is 0. The van der Waals surface area contributed by atoms with Crippen molar-refractivity contribution in [1.29, 1.82) is 0 Å². The molecule has 0 amide bonds. The number of hydrogen-bond acceptors (Lipinski definition) is 6. The van der Waals surface area contributed by atoms with Crippen molar-refractivity contribution >= 4 is 11.9 Å². The monoisotopic (exact) mass is 281 g/mol. The van der Waals surface area contributed by atoms with Crippen molar-refractivity contribution in [2.24, 2.45) is 0 Å². The minimum Gasteiger partial charge on any atom is -0.394 e. The number of nitrogens with two attached hydrogens (primary N) is 1. The predicted octanol–water partition coefficient (Wildman–Crippen LogP) is -0.111. The summed E-state index contributed by atoms with van der Waals surface area (Å²) >= 11 is 0. The summed E-state index contributed by atoms with van der Waals surface area (Å²) < 4.78 is 6.74. The number of nitrogens with zero attached hydrogens (tertiary/aromatic N) is 2. The Morgan fingerprint density at radius 2 is 2.40 bits per heavy atom. The van der Waals surface area contributed by atoms with Crippen LogP contribution in [-0.4, -0.2) is 38.6 Å². The Hall–Kier alpha value is -1.70. The second-order valence-electron chi connectivity index (χ2n) is 4.70. The summed E-state index contributed by atoms with van der Waals surface area (Å²) in [4.78, 5) is 15.6. The number of hydrogen-bond donors (Lipinski definition) is 3. The Morgan fingerprint density at radius 3 is 3.00 bits per heavy atom. The number of aliphatic hydroxyl groups excluding tert-OH is 2. The van der Waals surface area contributed by atoms with Crippen LogP contribution in [0.25, 0.3) is 6.08 Å². The van der Waals surface area contributed by atoms with E-state index in [1.54, 1.807) is 12.3 Å². The summed E-state index contributed by atoms with van der Waals surface area (Å²) in [6.45, 7) is 1.69. The van der Waals surface area contributed by atoms with Crippen molar-refractivity contribution in [1.82, 2.24) is 9.55 Å². The van der Waals surface area contributed by atoms with Gasteiger partial charge in [0.15, 0.2) is 0 Å². The van der Waals surface area contributed by atoms with Crippen molar-refractivity contribution in [3.63, 3.8) is 0 Å². The van der Waals surface area contributed by atoms with Crippen molar-refractivity contribution in [2.75, 3.05) is 12.3 Å². The number of rotatable bonds is 4. The molecule has 0 aliphatic carbocycles. The van der Waals surface area contributed by atoms with Gasteiger partial charge >= 0.3 is 5.69 Å². The molecule has 4 N–H and O–H groups in total. The van der Waals surface area contributed by atoms with Crippen LogP contribution in [0.3, 0.4) is 0 Å². The van der Waals surface area contributed by atoms with E-state index in [4.69, 9.17) is 15.6 Å². The van der Waals surface area contributed by atoms with Gasteiger partial charge in [0.25, 0.3) is 0 Å². The minimum atomic E-state index is -0.802. The minimum absolute atomic E-state index is 0.160. The molecule has 0 bridgehead atoms. The summed E-state index contributed by atoms with van der Waals surface area (Å²) in [5, 5.41) is 18.8. The lowest BCUT2D eigenvalue weighted by Gasteiger charge is -2.15. The number of aliphatic hydroxyl groups is 2. The standard InChI is InChI=1S/C13H19N3O4/c1-2-3-4-8-6-16(13(19)15-12(8)14)11-5-9(18)10(7-17)20-11/h3-4,6,9-11,17-18H,2,5,7H2,1H3,(H2,14,15,19)/b4-3+/t9-,10-,11-/m1/s1. The molecule has 0 spiro atoms. The first-order chi connectivity index (χ1) is 9.56. The van der Waals surface area contributed by atoms with E-state index in [9.17, 15) is 9.90 Å². The first kappa shape index (κ1) is 14.7. The smallest absolute Gasteiger partial charge is 0.351 e. The molecule has 0 radical (unpaired) electrons. The van der Waals surface area contributed by atoms with E-state index >= 15 is 0 Å². The first-order valence-corrected chi connectivity index (χ1v) is 6.56. The average molecular weight is 281 g/mol. The van der Waals surface area contributed by atoms with E-state index in [2.05, 4.69) is 4.98 Å². The summed E-state index contributed by atoms with van der Waals surface area (Å²) in [6.07, 6.45) is 4.20. The normalized spacial score (nSPS) is 26.4. The van der Waals surface area contributed by atoms with Crippen LogP contribution in [0.1, 0.15) is 31.6 Å². The largest absolute Gasteiger partial charge is 0.394 e. The highest BCUT2D eigenvalue weighted by Crippen LogP contribution is 2.27. The van der Waals surface area contributed by atoms with Gasteiger partial charge in [0, 0.05) is 18.2 Å². The van der Waals surface area contributed by atoms with Gasteiger partial charge in [0.05, 0.1) is 12.7 Å².